The summed E-state index contributed by atoms with van der Waals surface area (Å²) in [7, 11) is 3.62. The smallest absolute Gasteiger partial charge is 0.308 e. The zero-order valence-electron chi connectivity index (χ0n) is 11.6. The molecule has 104 valence electrons. The Bertz CT molecular complexity index is 783. The molecule has 2 heterocycles. The van der Waals surface area contributed by atoms with E-state index in [1.54, 1.807) is 27.5 Å². The van der Waals surface area contributed by atoms with Crippen molar-refractivity contribution in [3.8, 4) is 0 Å². The molecule has 3 aromatic rings. The van der Waals surface area contributed by atoms with Gasteiger partial charge in [0.05, 0.1) is 11.0 Å². The zero-order valence-corrected chi connectivity index (χ0v) is 12.4. The molecule has 5 heteroatoms. The van der Waals surface area contributed by atoms with Crippen LogP contribution in [0.15, 0.2) is 40.5 Å². The molecule has 4 nitrogen and oxygen atoms in total. The van der Waals surface area contributed by atoms with Gasteiger partial charge in [0.1, 0.15) is 0 Å². The molecule has 2 aromatic heterocycles. The molecule has 0 atom stereocenters. The highest BCUT2D eigenvalue weighted by Gasteiger charge is 2.07. The Labute approximate surface area is 121 Å². The van der Waals surface area contributed by atoms with E-state index >= 15 is 0 Å². The minimum atomic E-state index is 0.0173. The number of aromatic nitrogens is 2. The maximum atomic E-state index is 11.9. The molecule has 0 fully saturated rings. The number of nitrogens with one attached hydrogen (secondary N) is 1. The summed E-state index contributed by atoms with van der Waals surface area (Å²) >= 11 is 1.76. The molecule has 0 spiro atoms. The lowest BCUT2D eigenvalue weighted by molar-refractivity contribution is 0.701. The molecule has 0 unspecified atom stereocenters. The number of fused-ring (bicyclic) bond motifs is 1. The fraction of sp³-hybridized carbons (Fsp3) is 0.267. The van der Waals surface area contributed by atoms with Gasteiger partial charge < -0.3 is 5.32 Å². The third-order valence-corrected chi connectivity index (χ3v) is 4.42. The summed E-state index contributed by atoms with van der Waals surface area (Å²) in [5, 5.41) is 5.51. The highest BCUT2D eigenvalue weighted by molar-refractivity contribution is 7.09. The maximum Gasteiger partial charge on any atom is 0.328 e. The minimum absolute atomic E-state index is 0.0173. The molecule has 0 aliphatic heterocycles. The molecular formula is C15H17N3OS. The Hall–Kier alpha value is -1.85. The van der Waals surface area contributed by atoms with Crippen LogP contribution in [0.2, 0.25) is 0 Å². The zero-order chi connectivity index (χ0) is 14.1. The molecular weight excluding hydrogens is 270 g/mol. The van der Waals surface area contributed by atoms with Crippen molar-refractivity contribution in [3.05, 3.63) is 56.6 Å². The van der Waals surface area contributed by atoms with Crippen LogP contribution in [0.3, 0.4) is 0 Å². The molecule has 0 saturated heterocycles. The summed E-state index contributed by atoms with van der Waals surface area (Å²) in [6.07, 6.45) is 0. The highest BCUT2D eigenvalue weighted by atomic mass is 32.1. The third kappa shape index (κ3) is 2.30. The molecule has 0 bridgehead atoms. The van der Waals surface area contributed by atoms with Gasteiger partial charge in [-0.15, -0.1) is 11.3 Å². The Morgan fingerprint density at radius 2 is 1.90 bits per heavy atom. The van der Waals surface area contributed by atoms with E-state index in [2.05, 4.69) is 35.0 Å². The molecule has 1 aromatic carbocycles. The fourth-order valence-corrected chi connectivity index (χ4v) is 3.08. The molecule has 0 saturated carbocycles. The van der Waals surface area contributed by atoms with E-state index in [1.807, 2.05) is 13.1 Å². The number of hydrogen-bond donors (Lipinski definition) is 1. The average molecular weight is 287 g/mol. The lowest BCUT2D eigenvalue weighted by Crippen LogP contribution is -2.19. The number of thiophene rings is 1. The van der Waals surface area contributed by atoms with Crippen molar-refractivity contribution in [2.24, 2.45) is 14.1 Å². The molecule has 20 heavy (non-hydrogen) atoms. The van der Waals surface area contributed by atoms with Crippen LogP contribution in [0.4, 0.5) is 0 Å². The summed E-state index contributed by atoms with van der Waals surface area (Å²) in [6.45, 7) is 1.68. The first-order valence-corrected chi connectivity index (χ1v) is 7.42. The van der Waals surface area contributed by atoms with Crippen LogP contribution in [0.1, 0.15) is 10.4 Å². The van der Waals surface area contributed by atoms with E-state index in [0.29, 0.717) is 0 Å². The van der Waals surface area contributed by atoms with Crippen LogP contribution in [0.25, 0.3) is 11.0 Å². The summed E-state index contributed by atoms with van der Waals surface area (Å²) in [6, 6.07) is 10.4. The predicted octanol–water partition coefficient (Wildman–Crippen LogP) is 2.23. The van der Waals surface area contributed by atoms with Crippen molar-refractivity contribution in [3.63, 3.8) is 0 Å². The normalized spacial score (nSPS) is 11.3. The number of rotatable bonds is 4. The molecule has 0 aliphatic carbocycles. The standard InChI is InChI=1S/C15H17N3OS/c1-17-13-6-5-11(8-14(13)18(2)15(17)19)9-16-10-12-4-3-7-20-12/h3-8,16H,9-10H2,1-2H3. The largest absolute Gasteiger partial charge is 0.328 e. The Morgan fingerprint density at radius 3 is 2.65 bits per heavy atom. The Balaban J connectivity index is 1.79. The predicted molar refractivity (Wildman–Crippen MR) is 83.0 cm³/mol. The van der Waals surface area contributed by atoms with Crippen LogP contribution in [0.5, 0.6) is 0 Å². The van der Waals surface area contributed by atoms with Crippen LogP contribution >= 0.6 is 11.3 Å². The molecule has 1 N–H and O–H groups in total. The van der Waals surface area contributed by atoms with Gasteiger partial charge in [0.25, 0.3) is 0 Å². The van der Waals surface area contributed by atoms with Gasteiger partial charge in [0.15, 0.2) is 0 Å². The van der Waals surface area contributed by atoms with E-state index in [9.17, 15) is 4.79 Å². The molecule has 0 amide bonds. The number of nitrogens with zero attached hydrogens (tertiary/aromatic N) is 2. The van der Waals surface area contributed by atoms with Gasteiger partial charge in [-0.3, -0.25) is 9.13 Å². The second-order valence-corrected chi connectivity index (χ2v) is 5.94. The Morgan fingerprint density at radius 1 is 1.10 bits per heavy atom. The van der Waals surface area contributed by atoms with Gasteiger partial charge in [-0.05, 0) is 29.1 Å². The van der Waals surface area contributed by atoms with Gasteiger partial charge in [0.2, 0.25) is 0 Å². The van der Waals surface area contributed by atoms with Crippen molar-refractivity contribution < 1.29 is 0 Å². The SMILES string of the molecule is Cn1c(=O)n(C)c2cc(CNCc3cccs3)ccc21. The number of aryl methyl sites for hydroxylation is 2. The van der Waals surface area contributed by atoms with Crippen molar-refractivity contribution >= 4 is 22.4 Å². The van der Waals surface area contributed by atoms with Crippen molar-refractivity contribution in [2.75, 3.05) is 0 Å². The van der Waals surface area contributed by atoms with Crippen LogP contribution < -0.4 is 11.0 Å². The van der Waals surface area contributed by atoms with Gasteiger partial charge >= 0.3 is 5.69 Å². The van der Waals surface area contributed by atoms with Crippen molar-refractivity contribution in [1.82, 2.24) is 14.5 Å². The minimum Gasteiger partial charge on any atom is -0.308 e. The topological polar surface area (TPSA) is 39.0 Å². The van der Waals surface area contributed by atoms with Crippen molar-refractivity contribution in [1.29, 1.82) is 0 Å². The van der Waals surface area contributed by atoms with E-state index in [0.717, 1.165) is 24.1 Å². The van der Waals surface area contributed by atoms with E-state index < -0.39 is 0 Å². The molecule has 0 radical (unpaired) electrons. The summed E-state index contributed by atoms with van der Waals surface area (Å²) in [4.78, 5) is 13.2. The molecule has 3 rings (SSSR count). The monoisotopic (exact) mass is 287 g/mol. The average Bonchev–Trinajstić information content (AvgIpc) is 3.04. The summed E-state index contributed by atoms with van der Waals surface area (Å²) in [5.74, 6) is 0. The first kappa shape index (κ1) is 13.1. The number of imidazole rings is 1. The fourth-order valence-electron chi connectivity index (χ4n) is 2.41. The quantitative estimate of drug-likeness (QED) is 0.799. The lowest BCUT2D eigenvalue weighted by atomic mass is 10.2. The number of hydrogen-bond acceptors (Lipinski definition) is 3. The first-order valence-electron chi connectivity index (χ1n) is 6.54. The number of benzene rings is 1. The molecule has 0 aliphatic rings. The first-order chi connectivity index (χ1) is 9.66. The Kier molecular flexibility index (Phi) is 3.46. The third-order valence-electron chi connectivity index (χ3n) is 3.54. The highest BCUT2D eigenvalue weighted by Crippen LogP contribution is 2.14. The second kappa shape index (κ2) is 5.26. The van der Waals surface area contributed by atoms with E-state index in [4.69, 9.17) is 0 Å². The van der Waals surface area contributed by atoms with Gasteiger partial charge in [0, 0.05) is 32.1 Å². The summed E-state index contributed by atoms with van der Waals surface area (Å²) < 4.78 is 3.37. The van der Waals surface area contributed by atoms with Crippen molar-refractivity contribution in [2.45, 2.75) is 13.1 Å². The van der Waals surface area contributed by atoms with Crippen LogP contribution in [-0.4, -0.2) is 9.13 Å². The van der Waals surface area contributed by atoms with Gasteiger partial charge in [-0.1, -0.05) is 12.1 Å². The van der Waals surface area contributed by atoms with Crippen LogP contribution in [-0.2, 0) is 27.2 Å². The van der Waals surface area contributed by atoms with Gasteiger partial charge in [-0.25, -0.2) is 4.79 Å². The van der Waals surface area contributed by atoms with Crippen LogP contribution in [0, 0.1) is 0 Å². The van der Waals surface area contributed by atoms with E-state index in [-0.39, 0.29) is 5.69 Å². The maximum absolute atomic E-state index is 11.9. The second-order valence-electron chi connectivity index (χ2n) is 4.91. The van der Waals surface area contributed by atoms with E-state index in [1.165, 1.54) is 10.4 Å². The summed E-state index contributed by atoms with van der Waals surface area (Å²) in [5.41, 5.74) is 3.16. The lowest BCUT2D eigenvalue weighted by Gasteiger charge is -2.04. The van der Waals surface area contributed by atoms with Gasteiger partial charge in [-0.2, -0.15) is 0 Å².